The number of rotatable bonds is 5. The van der Waals surface area contributed by atoms with Crippen molar-refractivity contribution < 1.29 is 4.79 Å². The van der Waals surface area contributed by atoms with E-state index in [0.717, 1.165) is 79.0 Å². The van der Waals surface area contributed by atoms with Gasteiger partial charge in [-0.2, -0.15) is 0 Å². The minimum atomic E-state index is 0.104. The molecule has 2 aromatic carbocycles. The molecule has 0 radical (unpaired) electrons. The molecule has 0 spiro atoms. The first-order chi connectivity index (χ1) is 18.5. The van der Waals surface area contributed by atoms with E-state index >= 15 is 0 Å². The van der Waals surface area contributed by atoms with Gasteiger partial charge in [-0.1, -0.05) is 18.2 Å². The number of amides is 1. The molecule has 1 amide bonds. The van der Waals surface area contributed by atoms with Crippen molar-refractivity contribution in [2.45, 2.75) is 19.4 Å². The lowest BCUT2D eigenvalue weighted by Gasteiger charge is -2.35. The summed E-state index contributed by atoms with van der Waals surface area (Å²) in [5.41, 5.74) is 8.66. The van der Waals surface area contributed by atoms with Crippen LogP contribution in [0.2, 0.25) is 0 Å². The van der Waals surface area contributed by atoms with E-state index in [9.17, 15) is 4.79 Å². The van der Waals surface area contributed by atoms with Crippen molar-refractivity contribution in [3.05, 3.63) is 72.1 Å². The molecule has 2 aliphatic heterocycles. The lowest BCUT2D eigenvalue weighted by atomic mass is 9.99. The van der Waals surface area contributed by atoms with Crippen molar-refractivity contribution in [2.75, 3.05) is 58.3 Å². The van der Waals surface area contributed by atoms with Crippen LogP contribution in [-0.2, 0) is 0 Å². The minimum Gasteiger partial charge on any atom is -0.369 e. The van der Waals surface area contributed by atoms with E-state index in [2.05, 4.69) is 58.3 Å². The predicted molar refractivity (Wildman–Crippen MR) is 155 cm³/mol. The monoisotopic (exact) mass is 508 g/mol. The van der Waals surface area contributed by atoms with Crippen molar-refractivity contribution in [1.82, 2.24) is 25.1 Å². The zero-order valence-electron chi connectivity index (χ0n) is 22.5. The molecule has 7 heteroatoms. The average molecular weight is 509 g/mol. The molecule has 0 aliphatic carbocycles. The van der Waals surface area contributed by atoms with E-state index in [0.29, 0.717) is 6.04 Å². The number of hydrogen-bond acceptors (Lipinski definition) is 5. The predicted octanol–water partition coefficient (Wildman–Crippen LogP) is 4.39. The summed E-state index contributed by atoms with van der Waals surface area (Å²) in [6.07, 6.45) is 4.96. The summed E-state index contributed by atoms with van der Waals surface area (Å²) in [7, 11) is 4.15. The first kappa shape index (κ1) is 24.6. The van der Waals surface area contributed by atoms with Gasteiger partial charge in [0.15, 0.2) is 0 Å². The zero-order chi connectivity index (χ0) is 26.2. The van der Waals surface area contributed by atoms with Gasteiger partial charge in [0, 0.05) is 85.5 Å². The molecule has 2 saturated heterocycles. The molecular formula is C31H36N6O. The summed E-state index contributed by atoms with van der Waals surface area (Å²) >= 11 is 0. The van der Waals surface area contributed by atoms with E-state index in [1.807, 2.05) is 48.6 Å². The van der Waals surface area contributed by atoms with Crippen LogP contribution in [0.25, 0.3) is 33.3 Å². The number of benzene rings is 2. The number of likely N-dealkylation sites (tertiary alicyclic amines) is 1. The van der Waals surface area contributed by atoms with Crippen LogP contribution in [0, 0.1) is 6.92 Å². The number of anilines is 1. The fraction of sp³-hybridized carbons (Fsp3) is 0.355. The van der Waals surface area contributed by atoms with Crippen molar-refractivity contribution in [3.63, 3.8) is 0 Å². The topological polar surface area (TPSA) is 67.5 Å². The number of fused-ring (bicyclic) bond motifs is 1. The van der Waals surface area contributed by atoms with E-state index in [1.54, 1.807) is 0 Å². The molecule has 1 unspecified atom stereocenters. The van der Waals surface area contributed by atoms with Crippen molar-refractivity contribution in [1.29, 1.82) is 0 Å². The van der Waals surface area contributed by atoms with Gasteiger partial charge in [0.05, 0.1) is 0 Å². The maximum Gasteiger partial charge on any atom is 0.253 e. The van der Waals surface area contributed by atoms with Crippen molar-refractivity contribution >= 4 is 22.6 Å². The van der Waals surface area contributed by atoms with Gasteiger partial charge in [0.25, 0.3) is 5.91 Å². The number of nitrogens with one attached hydrogen (secondary N) is 2. The number of pyridine rings is 1. The Hall–Kier alpha value is -3.68. The van der Waals surface area contributed by atoms with Gasteiger partial charge in [-0.15, -0.1) is 0 Å². The minimum absolute atomic E-state index is 0.104. The molecule has 0 saturated carbocycles. The first-order valence-electron chi connectivity index (χ1n) is 13.6. The summed E-state index contributed by atoms with van der Waals surface area (Å²) in [6.45, 7) is 8.10. The molecule has 2 N–H and O–H groups in total. The van der Waals surface area contributed by atoms with Crippen LogP contribution < -0.4 is 10.2 Å². The Balaban J connectivity index is 1.24. The third kappa shape index (κ3) is 4.68. The zero-order valence-corrected chi connectivity index (χ0v) is 22.5. The quantitative estimate of drug-likeness (QED) is 0.419. The normalized spacial score (nSPS) is 18.4. The average Bonchev–Trinajstić information content (AvgIpc) is 3.60. The maximum absolute atomic E-state index is 13.0. The number of aromatic amines is 1. The van der Waals surface area contributed by atoms with Crippen LogP contribution in [0.1, 0.15) is 22.3 Å². The number of carbonyl (C=O) groups excluding carboxylic acids is 1. The first-order valence-corrected chi connectivity index (χ1v) is 13.6. The molecule has 7 nitrogen and oxygen atoms in total. The number of aryl methyl sites for hydroxylation is 1. The Kier molecular flexibility index (Phi) is 6.64. The van der Waals surface area contributed by atoms with Gasteiger partial charge >= 0.3 is 0 Å². The Morgan fingerprint density at radius 1 is 0.974 bits per heavy atom. The van der Waals surface area contributed by atoms with Crippen LogP contribution in [0.5, 0.6) is 0 Å². The third-order valence-corrected chi connectivity index (χ3v) is 8.23. The SMILES string of the molecule is CNC1CCN(C(=O)c2ccc(-c3c[nH]c4ncc(-c5ccc(N6CCN(C)CC6)c(C)c5)cc34)cc2)C1. The molecule has 0 bridgehead atoms. The van der Waals surface area contributed by atoms with Crippen molar-refractivity contribution in [3.8, 4) is 22.3 Å². The second-order valence-electron chi connectivity index (χ2n) is 10.7. The molecule has 196 valence electrons. The number of hydrogen-bond donors (Lipinski definition) is 2. The highest BCUT2D eigenvalue weighted by atomic mass is 16.2. The van der Waals surface area contributed by atoms with Crippen LogP contribution in [0.4, 0.5) is 5.69 Å². The lowest BCUT2D eigenvalue weighted by molar-refractivity contribution is 0.0789. The van der Waals surface area contributed by atoms with Crippen LogP contribution in [0.15, 0.2) is 60.9 Å². The smallest absolute Gasteiger partial charge is 0.253 e. The van der Waals surface area contributed by atoms with Crippen molar-refractivity contribution in [2.24, 2.45) is 0 Å². The molecule has 2 fully saturated rings. The van der Waals surface area contributed by atoms with E-state index < -0.39 is 0 Å². The Labute approximate surface area is 224 Å². The fourth-order valence-electron chi connectivity index (χ4n) is 5.79. The lowest BCUT2D eigenvalue weighted by Crippen LogP contribution is -2.44. The van der Waals surface area contributed by atoms with Crippen LogP contribution >= 0.6 is 0 Å². The van der Waals surface area contributed by atoms with Gasteiger partial charge in [-0.05, 0) is 74.5 Å². The van der Waals surface area contributed by atoms with Gasteiger partial charge in [0.2, 0.25) is 0 Å². The number of likely N-dealkylation sites (N-methyl/N-ethyl adjacent to an activating group) is 2. The second-order valence-corrected chi connectivity index (χ2v) is 10.7. The summed E-state index contributed by atoms with van der Waals surface area (Å²) < 4.78 is 0. The summed E-state index contributed by atoms with van der Waals surface area (Å²) in [6, 6.07) is 17.3. The van der Waals surface area contributed by atoms with Gasteiger partial charge in [0.1, 0.15) is 5.65 Å². The third-order valence-electron chi connectivity index (χ3n) is 8.23. The molecule has 2 aromatic heterocycles. The summed E-state index contributed by atoms with van der Waals surface area (Å²) in [5.74, 6) is 0.104. The van der Waals surface area contributed by atoms with Gasteiger partial charge in [-0.25, -0.2) is 4.98 Å². The second kappa shape index (κ2) is 10.2. The number of aromatic nitrogens is 2. The molecule has 4 heterocycles. The standard InChI is InChI=1S/C31H36N6O/c1-21-16-24(8-9-29(21)36-14-12-35(3)13-15-36)25-17-27-28(19-34-30(27)33-18-25)22-4-6-23(7-5-22)31(38)37-11-10-26(20-37)32-2/h4-9,16-19,26,32H,10-15,20H2,1-3H3,(H,33,34). The fourth-order valence-corrected chi connectivity index (χ4v) is 5.79. The van der Waals surface area contributed by atoms with E-state index in [-0.39, 0.29) is 5.91 Å². The Bertz CT molecular complexity index is 1450. The van der Waals surface area contributed by atoms with E-state index in [1.165, 1.54) is 16.8 Å². The van der Waals surface area contributed by atoms with Gasteiger partial charge in [-0.3, -0.25) is 4.79 Å². The highest BCUT2D eigenvalue weighted by Crippen LogP contribution is 2.33. The number of H-pyrrole nitrogens is 1. The molecule has 6 rings (SSSR count). The molecule has 38 heavy (non-hydrogen) atoms. The molecule has 4 aromatic rings. The van der Waals surface area contributed by atoms with Crippen LogP contribution in [0.3, 0.4) is 0 Å². The van der Waals surface area contributed by atoms with Crippen LogP contribution in [-0.4, -0.2) is 85.1 Å². The highest BCUT2D eigenvalue weighted by Gasteiger charge is 2.26. The number of nitrogens with zero attached hydrogens (tertiary/aromatic N) is 4. The Morgan fingerprint density at radius 3 is 2.45 bits per heavy atom. The molecule has 1 atom stereocenters. The largest absolute Gasteiger partial charge is 0.369 e. The number of piperazine rings is 1. The maximum atomic E-state index is 13.0. The highest BCUT2D eigenvalue weighted by molar-refractivity contribution is 5.98. The molecular weight excluding hydrogens is 472 g/mol. The van der Waals surface area contributed by atoms with E-state index in [4.69, 9.17) is 4.98 Å². The van der Waals surface area contributed by atoms with Gasteiger partial charge < -0.3 is 25.0 Å². The molecule has 2 aliphatic rings. The summed E-state index contributed by atoms with van der Waals surface area (Å²) in [5, 5.41) is 4.36. The number of carbonyl (C=O) groups is 1. The summed E-state index contributed by atoms with van der Waals surface area (Å²) in [4.78, 5) is 27.8. The Morgan fingerprint density at radius 2 is 1.74 bits per heavy atom.